The first-order valence-corrected chi connectivity index (χ1v) is 12.5. The number of aromatic nitrogens is 2. The number of phenolic OH excluding ortho intramolecular Hbond substituents is 1. The third kappa shape index (κ3) is 11.3. The van der Waals surface area contributed by atoms with Gasteiger partial charge in [-0.1, -0.05) is 12.1 Å². The van der Waals surface area contributed by atoms with Crippen LogP contribution in [0.1, 0.15) is 36.9 Å². The molecule has 222 valence electrons. The molecule has 0 aliphatic rings. The molecule has 0 aliphatic heterocycles. The third-order valence-corrected chi connectivity index (χ3v) is 5.91. The second-order valence-electron chi connectivity index (χ2n) is 9.22. The van der Waals surface area contributed by atoms with Crippen molar-refractivity contribution >= 4 is 35.6 Å². The second kappa shape index (κ2) is 15.6. The van der Waals surface area contributed by atoms with Gasteiger partial charge in [0.1, 0.15) is 23.9 Å². The molecule has 1 aromatic heterocycles. The number of primary amides is 1. The third-order valence-electron chi connectivity index (χ3n) is 5.91. The Morgan fingerprint density at radius 3 is 1.98 bits per heavy atom. The molecule has 0 bridgehead atoms. The number of carbonyl (C=O) groups is 6. The molecule has 16 nitrogen and oxygen atoms in total. The van der Waals surface area contributed by atoms with Crippen LogP contribution in [0.2, 0.25) is 0 Å². The van der Waals surface area contributed by atoms with Crippen LogP contribution in [0.15, 0.2) is 36.8 Å². The number of carboxylic acid groups (broad SMARTS) is 2. The van der Waals surface area contributed by atoms with Crippen LogP contribution in [0.4, 0.5) is 0 Å². The molecule has 11 N–H and O–H groups in total. The van der Waals surface area contributed by atoms with Gasteiger partial charge in [0.15, 0.2) is 0 Å². The minimum Gasteiger partial charge on any atom is -0.508 e. The number of aromatic hydroxyl groups is 1. The zero-order valence-electron chi connectivity index (χ0n) is 21.9. The molecule has 0 fully saturated rings. The number of carboxylic acids is 2. The Hall–Kier alpha value is -4.99. The van der Waals surface area contributed by atoms with E-state index in [1.54, 1.807) is 0 Å². The quantitative estimate of drug-likeness (QED) is 0.0984. The standard InChI is InChI=1S/C25H33N7O9/c26-16(10-14-11-28-12-29-14)22(37)30-17(6-8-21(35)36)23(38)32-19(9-13-1-3-15(33)4-2-13)24(39)31-18(25(40)41)5-7-20(27)34/h1-4,11-12,16-19,33H,5-10,26H2,(H2,27,34)(H,28,29)(H,30,37)(H,31,39)(H,32,38)(H,35,36)(H,40,41). The molecule has 0 saturated heterocycles. The lowest BCUT2D eigenvalue weighted by Gasteiger charge is -2.25. The van der Waals surface area contributed by atoms with Crippen molar-refractivity contribution in [2.45, 2.75) is 62.7 Å². The first-order chi connectivity index (χ1) is 19.3. The fourth-order valence-electron chi connectivity index (χ4n) is 3.71. The van der Waals surface area contributed by atoms with Crippen molar-refractivity contribution in [1.82, 2.24) is 25.9 Å². The zero-order chi connectivity index (χ0) is 30.5. The summed E-state index contributed by atoms with van der Waals surface area (Å²) in [6.07, 6.45) is 1.26. The molecule has 4 unspecified atom stereocenters. The van der Waals surface area contributed by atoms with Gasteiger partial charge in [0, 0.05) is 37.6 Å². The number of aliphatic carboxylic acids is 2. The van der Waals surface area contributed by atoms with Crippen molar-refractivity contribution < 1.29 is 44.1 Å². The molecule has 2 rings (SSSR count). The van der Waals surface area contributed by atoms with Crippen molar-refractivity contribution in [2.75, 3.05) is 0 Å². The largest absolute Gasteiger partial charge is 0.508 e. The topological polar surface area (TPSA) is 280 Å². The molecule has 0 saturated carbocycles. The molecule has 4 amide bonds. The highest BCUT2D eigenvalue weighted by molar-refractivity contribution is 5.94. The van der Waals surface area contributed by atoms with Crippen LogP contribution in [0.25, 0.3) is 0 Å². The van der Waals surface area contributed by atoms with E-state index < -0.39 is 66.2 Å². The van der Waals surface area contributed by atoms with E-state index in [9.17, 15) is 39.0 Å². The van der Waals surface area contributed by atoms with E-state index in [-0.39, 0.29) is 37.9 Å². The number of phenols is 1. The maximum Gasteiger partial charge on any atom is 0.326 e. The summed E-state index contributed by atoms with van der Waals surface area (Å²) in [7, 11) is 0. The van der Waals surface area contributed by atoms with Gasteiger partial charge < -0.3 is 47.7 Å². The summed E-state index contributed by atoms with van der Waals surface area (Å²) < 4.78 is 0. The Labute approximate surface area is 233 Å². The summed E-state index contributed by atoms with van der Waals surface area (Å²) in [5.74, 6) is -6.12. The fraction of sp³-hybridized carbons (Fsp3) is 0.400. The number of rotatable bonds is 17. The van der Waals surface area contributed by atoms with Gasteiger partial charge in [0.05, 0.1) is 12.4 Å². The van der Waals surface area contributed by atoms with Gasteiger partial charge in [-0.3, -0.25) is 24.0 Å². The number of aromatic amines is 1. The van der Waals surface area contributed by atoms with Crippen LogP contribution in [0.3, 0.4) is 0 Å². The Morgan fingerprint density at radius 2 is 1.41 bits per heavy atom. The van der Waals surface area contributed by atoms with Gasteiger partial charge >= 0.3 is 11.9 Å². The minimum atomic E-state index is -1.50. The van der Waals surface area contributed by atoms with Crippen LogP contribution in [-0.2, 0) is 41.6 Å². The zero-order valence-corrected chi connectivity index (χ0v) is 21.9. The van der Waals surface area contributed by atoms with Crippen LogP contribution < -0.4 is 27.4 Å². The molecule has 0 radical (unpaired) electrons. The number of imidazole rings is 1. The van der Waals surface area contributed by atoms with Crippen LogP contribution in [0.5, 0.6) is 5.75 Å². The lowest BCUT2D eigenvalue weighted by molar-refractivity contribution is -0.142. The Morgan fingerprint density at radius 1 is 0.829 bits per heavy atom. The number of nitrogens with two attached hydrogens (primary N) is 2. The molecule has 1 heterocycles. The van der Waals surface area contributed by atoms with E-state index in [1.165, 1.54) is 36.8 Å². The van der Waals surface area contributed by atoms with Crippen molar-refractivity contribution in [3.8, 4) is 5.75 Å². The lowest BCUT2D eigenvalue weighted by atomic mass is 10.0. The Balaban J connectivity index is 2.24. The van der Waals surface area contributed by atoms with Crippen molar-refractivity contribution in [2.24, 2.45) is 11.5 Å². The molecule has 0 spiro atoms. The van der Waals surface area contributed by atoms with Gasteiger partial charge in [0.25, 0.3) is 0 Å². The molecule has 1 aromatic carbocycles. The number of H-pyrrole nitrogens is 1. The highest BCUT2D eigenvalue weighted by Crippen LogP contribution is 2.12. The first kappa shape index (κ1) is 32.2. The average Bonchev–Trinajstić information content (AvgIpc) is 3.42. The molecule has 2 aromatic rings. The fourth-order valence-corrected chi connectivity index (χ4v) is 3.71. The van der Waals surface area contributed by atoms with Gasteiger partial charge in [-0.15, -0.1) is 0 Å². The molecule has 16 heteroatoms. The number of hydrogen-bond acceptors (Lipinski definition) is 9. The van der Waals surface area contributed by atoms with Crippen molar-refractivity contribution in [1.29, 1.82) is 0 Å². The predicted molar refractivity (Wildman–Crippen MR) is 141 cm³/mol. The highest BCUT2D eigenvalue weighted by Gasteiger charge is 2.31. The summed E-state index contributed by atoms with van der Waals surface area (Å²) >= 11 is 0. The normalized spacial score (nSPS) is 13.7. The SMILES string of the molecule is NC(=O)CCC(NC(=O)C(Cc1ccc(O)cc1)NC(=O)C(CCC(=O)O)NC(=O)C(N)Cc1cnc[nH]1)C(=O)O. The smallest absolute Gasteiger partial charge is 0.326 e. The number of amides is 4. The number of carbonyl (C=O) groups excluding carboxylic acids is 4. The number of benzene rings is 1. The van der Waals surface area contributed by atoms with E-state index in [0.29, 0.717) is 11.3 Å². The summed E-state index contributed by atoms with van der Waals surface area (Å²) in [6.45, 7) is 0. The summed E-state index contributed by atoms with van der Waals surface area (Å²) in [6, 6.07) is 0.206. The minimum absolute atomic E-state index is 0.0485. The van der Waals surface area contributed by atoms with Crippen molar-refractivity contribution in [3.63, 3.8) is 0 Å². The molecular formula is C25H33N7O9. The molecule has 41 heavy (non-hydrogen) atoms. The molecule has 4 atom stereocenters. The van der Waals surface area contributed by atoms with Gasteiger partial charge in [-0.25, -0.2) is 9.78 Å². The maximum absolute atomic E-state index is 13.3. The summed E-state index contributed by atoms with van der Waals surface area (Å²) in [5, 5.41) is 35.3. The monoisotopic (exact) mass is 575 g/mol. The van der Waals surface area contributed by atoms with Gasteiger partial charge in [-0.2, -0.15) is 0 Å². The molecule has 0 aliphatic carbocycles. The van der Waals surface area contributed by atoms with E-state index >= 15 is 0 Å². The summed E-state index contributed by atoms with van der Waals surface area (Å²) in [5.41, 5.74) is 12.0. The number of hydrogen-bond donors (Lipinski definition) is 9. The maximum atomic E-state index is 13.3. The van der Waals surface area contributed by atoms with Crippen LogP contribution in [0, 0.1) is 0 Å². The van der Waals surface area contributed by atoms with E-state index in [0.717, 1.165) is 0 Å². The Bertz CT molecular complexity index is 1220. The second-order valence-corrected chi connectivity index (χ2v) is 9.22. The predicted octanol–water partition coefficient (Wildman–Crippen LogP) is -2.10. The van der Waals surface area contributed by atoms with E-state index in [1.807, 2.05) is 0 Å². The van der Waals surface area contributed by atoms with Gasteiger partial charge in [-0.05, 0) is 30.5 Å². The molecular weight excluding hydrogens is 542 g/mol. The van der Waals surface area contributed by atoms with Crippen LogP contribution >= 0.6 is 0 Å². The lowest BCUT2D eigenvalue weighted by Crippen LogP contribution is -2.57. The van der Waals surface area contributed by atoms with E-state index in [4.69, 9.17) is 16.6 Å². The highest BCUT2D eigenvalue weighted by atomic mass is 16.4. The van der Waals surface area contributed by atoms with E-state index in [2.05, 4.69) is 25.9 Å². The first-order valence-electron chi connectivity index (χ1n) is 12.5. The Kier molecular flexibility index (Phi) is 12.2. The number of nitrogens with zero attached hydrogens (tertiary/aromatic N) is 1. The summed E-state index contributed by atoms with van der Waals surface area (Å²) in [4.78, 5) is 79.7. The number of nitrogens with one attached hydrogen (secondary N) is 4. The van der Waals surface area contributed by atoms with Crippen molar-refractivity contribution in [3.05, 3.63) is 48.0 Å². The van der Waals surface area contributed by atoms with Gasteiger partial charge in [0.2, 0.25) is 23.6 Å². The average molecular weight is 576 g/mol. The van der Waals surface area contributed by atoms with Crippen LogP contribution in [-0.4, -0.2) is 85.0 Å².